The van der Waals surface area contributed by atoms with Crippen LogP contribution in [0.4, 0.5) is 5.69 Å². The minimum absolute atomic E-state index is 0.289. The molecule has 0 saturated carbocycles. The summed E-state index contributed by atoms with van der Waals surface area (Å²) in [6.45, 7) is 8.48. The van der Waals surface area contributed by atoms with Crippen LogP contribution < -0.4 is 10.6 Å². The molecule has 0 fully saturated rings. The average Bonchev–Trinajstić information content (AvgIpc) is 2.18. The normalized spacial score (nSPS) is 11.6. The highest BCUT2D eigenvalue weighted by atomic mass is 79.9. The molecule has 0 aliphatic rings. The fourth-order valence-corrected chi connectivity index (χ4v) is 2.40. The van der Waals surface area contributed by atoms with Crippen molar-refractivity contribution < 1.29 is 0 Å². The maximum Gasteiger partial charge on any atom is 0.0408 e. The third-order valence-electron chi connectivity index (χ3n) is 2.58. The summed E-state index contributed by atoms with van der Waals surface area (Å²) < 4.78 is 1.12. The van der Waals surface area contributed by atoms with E-state index >= 15 is 0 Å². The van der Waals surface area contributed by atoms with Gasteiger partial charge in [-0.15, -0.1) is 0 Å². The second-order valence-corrected chi connectivity index (χ2v) is 6.64. The lowest BCUT2D eigenvalue weighted by molar-refractivity contribution is 0.418. The van der Waals surface area contributed by atoms with E-state index in [2.05, 4.69) is 66.8 Å². The van der Waals surface area contributed by atoms with Crippen molar-refractivity contribution in [2.45, 2.75) is 27.2 Å². The van der Waals surface area contributed by atoms with Crippen LogP contribution in [0.15, 0.2) is 22.7 Å². The lowest BCUT2D eigenvalue weighted by atomic mass is 9.95. The molecule has 1 aromatic carbocycles. The Bertz CT molecular complexity index is 369. The van der Waals surface area contributed by atoms with Crippen LogP contribution in [-0.4, -0.2) is 20.1 Å². The second kappa shape index (κ2) is 5.87. The molecule has 0 radical (unpaired) electrons. The SMILES string of the molecule is CN(CC(C)(C)C)c1cc(Br)ccc1CCN. The minimum atomic E-state index is 0.289. The van der Waals surface area contributed by atoms with E-state index in [1.54, 1.807) is 0 Å². The molecule has 0 aliphatic carbocycles. The molecule has 1 rings (SSSR count). The summed E-state index contributed by atoms with van der Waals surface area (Å²) in [5.41, 5.74) is 8.55. The molecule has 17 heavy (non-hydrogen) atoms. The van der Waals surface area contributed by atoms with Gasteiger partial charge < -0.3 is 10.6 Å². The summed E-state index contributed by atoms with van der Waals surface area (Å²) in [7, 11) is 2.15. The quantitative estimate of drug-likeness (QED) is 0.923. The van der Waals surface area contributed by atoms with Gasteiger partial charge in [-0.3, -0.25) is 0 Å². The van der Waals surface area contributed by atoms with Crippen LogP contribution >= 0.6 is 15.9 Å². The van der Waals surface area contributed by atoms with Gasteiger partial charge in [0.2, 0.25) is 0 Å². The monoisotopic (exact) mass is 298 g/mol. The Kier molecular flexibility index (Phi) is 5.02. The minimum Gasteiger partial charge on any atom is -0.374 e. The molecule has 0 heterocycles. The van der Waals surface area contributed by atoms with Crippen molar-refractivity contribution >= 4 is 21.6 Å². The molecule has 3 heteroatoms. The molecule has 0 unspecified atom stereocenters. The molecular weight excluding hydrogens is 276 g/mol. The van der Waals surface area contributed by atoms with E-state index in [1.807, 2.05) is 0 Å². The van der Waals surface area contributed by atoms with Crippen molar-refractivity contribution in [3.63, 3.8) is 0 Å². The van der Waals surface area contributed by atoms with Gasteiger partial charge in [0, 0.05) is 23.8 Å². The highest BCUT2D eigenvalue weighted by molar-refractivity contribution is 9.10. The highest BCUT2D eigenvalue weighted by Crippen LogP contribution is 2.27. The molecule has 0 spiro atoms. The summed E-state index contributed by atoms with van der Waals surface area (Å²) >= 11 is 3.54. The van der Waals surface area contributed by atoms with Crippen molar-refractivity contribution in [2.24, 2.45) is 11.1 Å². The zero-order valence-corrected chi connectivity index (χ0v) is 12.8. The lowest BCUT2D eigenvalue weighted by Gasteiger charge is -2.30. The number of benzene rings is 1. The van der Waals surface area contributed by atoms with E-state index in [9.17, 15) is 0 Å². The Balaban J connectivity index is 2.97. The van der Waals surface area contributed by atoms with Gasteiger partial charge in [-0.2, -0.15) is 0 Å². The van der Waals surface area contributed by atoms with Crippen molar-refractivity contribution in [3.8, 4) is 0 Å². The fraction of sp³-hybridized carbons (Fsp3) is 0.571. The molecule has 0 aliphatic heterocycles. The Morgan fingerprint density at radius 3 is 2.47 bits per heavy atom. The zero-order valence-electron chi connectivity index (χ0n) is 11.3. The smallest absolute Gasteiger partial charge is 0.0408 e. The molecule has 0 amide bonds. The van der Waals surface area contributed by atoms with E-state index in [0.29, 0.717) is 6.54 Å². The standard InChI is InChI=1S/C14H23BrN2/c1-14(2,3)10-17(4)13-9-12(15)6-5-11(13)7-8-16/h5-6,9H,7-8,10,16H2,1-4H3. The van der Waals surface area contributed by atoms with E-state index in [1.165, 1.54) is 11.3 Å². The number of hydrogen-bond acceptors (Lipinski definition) is 2. The number of halogens is 1. The van der Waals surface area contributed by atoms with Crippen LogP contribution in [0.5, 0.6) is 0 Å². The van der Waals surface area contributed by atoms with Gasteiger partial charge in [-0.05, 0) is 36.1 Å². The molecule has 96 valence electrons. The first-order valence-electron chi connectivity index (χ1n) is 6.03. The van der Waals surface area contributed by atoms with E-state index < -0.39 is 0 Å². The predicted molar refractivity (Wildman–Crippen MR) is 79.6 cm³/mol. The Morgan fingerprint density at radius 1 is 1.29 bits per heavy atom. The van der Waals surface area contributed by atoms with Crippen LogP contribution in [-0.2, 0) is 6.42 Å². The molecule has 0 aromatic heterocycles. The number of rotatable bonds is 4. The van der Waals surface area contributed by atoms with E-state index in [0.717, 1.165) is 17.4 Å². The molecule has 0 bridgehead atoms. The molecule has 1 aromatic rings. The first kappa shape index (κ1) is 14.5. The second-order valence-electron chi connectivity index (χ2n) is 5.73. The van der Waals surface area contributed by atoms with Gasteiger partial charge in [-0.25, -0.2) is 0 Å². The van der Waals surface area contributed by atoms with Crippen molar-refractivity contribution in [1.29, 1.82) is 0 Å². The van der Waals surface area contributed by atoms with Crippen LogP contribution in [0.3, 0.4) is 0 Å². The maximum atomic E-state index is 5.66. The summed E-state index contributed by atoms with van der Waals surface area (Å²) in [4.78, 5) is 2.32. The van der Waals surface area contributed by atoms with Crippen LogP contribution in [0, 0.1) is 5.41 Å². The number of nitrogens with zero attached hydrogens (tertiary/aromatic N) is 1. The predicted octanol–water partition coefficient (Wildman–Crippen LogP) is 3.43. The van der Waals surface area contributed by atoms with Gasteiger partial charge in [-0.1, -0.05) is 42.8 Å². The van der Waals surface area contributed by atoms with Gasteiger partial charge in [0.15, 0.2) is 0 Å². The van der Waals surface area contributed by atoms with Gasteiger partial charge in [0.25, 0.3) is 0 Å². The highest BCUT2D eigenvalue weighted by Gasteiger charge is 2.16. The molecule has 2 nitrogen and oxygen atoms in total. The zero-order chi connectivity index (χ0) is 13.1. The summed E-state index contributed by atoms with van der Waals surface area (Å²) in [6, 6.07) is 6.42. The van der Waals surface area contributed by atoms with Gasteiger partial charge >= 0.3 is 0 Å². The van der Waals surface area contributed by atoms with Crippen molar-refractivity contribution in [2.75, 3.05) is 25.0 Å². The Labute approximate surface area is 113 Å². The molecule has 0 saturated heterocycles. The summed E-state index contributed by atoms with van der Waals surface area (Å²) in [6.07, 6.45) is 0.928. The third kappa shape index (κ3) is 4.68. The molecule has 0 atom stereocenters. The summed E-state index contributed by atoms with van der Waals surface area (Å²) in [5, 5.41) is 0. The number of nitrogens with two attached hydrogens (primary N) is 1. The van der Waals surface area contributed by atoms with Crippen molar-refractivity contribution in [1.82, 2.24) is 0 Å². The Morgan fingerprint density at radius 2 is 1.94 bits per heavy atom. The Hall–Kier alpha value is -0.540. The first-order valence-corrected chi connectivity index (χ1v) is 6.82. The van der Waals surface area contributed by atoms with Crippen LogP contribution in [0.2, 0.25) is 0 Å². The topological polar surface area (TPSA) is 29.3 Å². The largest absolute Gasteiger partial charge is 0.374 e. The fourth-order valence-electron chi connectivity index (χ4n) is 2.06. The third-order valence-corrected chi connectivity index (χ3v) is 3.08. The van der Waals surface area contributed by atoms with Gasteiger partial charge in [0.1, 0.15) is 0 Å². The average molecular weight is 299 g/mol. The summed E-state index contributed by atoms with van der Waals surface area (Å²) in [5.74, 6) is 0. The number of hydrogen-bond donors (Lipinski definition) is 1. The first-order chi connectivity index (χ1) is 7.83. The van der Waals surface area contributed by atoms with Gasteiger partial charge in [0.05, 0.1) is 0 Å². The van der Waals surface area contributed by atoms with Crippen LogP contribution in [0.1, 0.15) is 26.3 Å². The molecular formula is C14H23BrN2. The number of anilines is 1. The van der Waals surface area contributed by atoms with Crippen molar-refractivity contribution in [3.05, 3.63) is 28.2 Å². The van der Waals surface area contributed by atoms with E-state index in [-0.39, 0.29) is 5.41 Å². The maximum absolute atomic E-state index is 5.66. The van der Waals surface area contributed by atoms with E-state index in [4.69, 9.17) is 5.73 Å². The van der Waals surface area contributed by atoms with Crippen LogP contribution in [0.25, 0.3) is 0 Å². The molecule has 2 N–H and O–H groups in total. The lowest BCUT2D eigenvalue weighted by Crippen LogP contribution is -2.30.